The lowest BCUT2D eigenvalue weighted by molar-refractivity contribution is 0.270. The first-order valence-corrected chi connectivity index (χ1v) is 21.1. The Morgan fingerprint density at radius 2 is 1.24 bits per heavy atom. The summed E-state index contributed by atoms with van der Waals surface area (Å²) in [4.78, 5) is 4.64. The van der Waals surface area contributed by atoms with Crippen molar-refractivity contribution >= 4 is 55.5 Å². The molecule has 6 nitrogen and oxygen atoms in total. The van der Waals surface area contributed by atoms with Crippen LogP contribution in [0, 0.1) is 12.3 Å². The molecule has 0 saturated carbocycles. The van der Waals surface area contributed by atoms with Crippen molar-refractivity contribution in [3.8, 4) is 39.1 Å². The molecule has 0 bridgehead atoms. The summed E-state index contributed by atoms with van der Waals surface area (Å²) in [5.74, 6) is 1.45. The summed E-state index contributed by atoms with van der Waals surface area (Å²) in [6.45, 7) is 2.08. The van der Waals surface area contributed by atoms with E-state index in [1.165, 1.54) is 11.1 Å². The second-order valence-electron chi connectivity index (χ2n) is 16.0. The van der Waals surface area contributed by atoms with E-state index >= 15 is 0 Å². The largest absolute Gasteiger partial charge is 0.484 e. The van der Waals surface area contributed by atoms with Crippen LogP contribution in [-0.4, -0.2) is 17.8 Å². The molecule has 2 unspecified atom stereocenters. The fraction of sp³-hybridized carbons (Fsp3) is 0.0526. The van der Waals surface area contributed by atoms with E-state index in [0.29, 0.717) is 16.7 Å². The first-order chi connectivity index (χ1) is 31.0. The third kappa shape index (κ3) is 6.88. The first kappa shape index (κ1) is 37.8. The van der Waals surface area contributed by atoms with Gasteiger partial charge in [-0.3, -0.25) is 5.41 Å². The van der Waals surface area contributed by atoms with Gasteiger partial charge >= 0.3 is 0 Å². The van der Waals surface area contributed by atoms with Crippen LogP contribution >= 0.6 is 0 Å². The van der Waals surface area contributed by atoms with Crippen LogP contribution < -0.4 is 10.5 Å². The maximum absolute atomic E-state index is 8.98. The Kier molecular flexibility index (Phi) is 9.39. The number of furan rings is 2. The normalized spacial score (nSPS) is 15.3. The number of allylic oxidation sites excluding steroid dienone is 2. The van der Waals surface area contributed by atoms with Gasteiger partial charge in [-0.15, -0.1) is 0 Å². The molecule has 10 aromatic rings. The molecule has 1 aliphatic heterocycles. The molecule has 2 aliphatic rings. The van der Waals surface area contributed by atoms with Crippen LogP contribution in [0.5, 0.6) is 5.75 Å². The molecule has 3 heterocycles. The molecule has 2 atom stereocenters. The van der Waals surface area contributed by atoms with Gasteiger partial charge in [-0.1, -0.05) is 163 Å². The summed E-state index contributed by atoms with van der Waals surface area (Å²) in [7, 11) is 0. The van der Waals surface area contributed by atoms with Crippen LogP contribution in [0.25, 0.3) is 77.3 Å². The van der Waals surface area contributed by atoms with Gasteiger partial charge in [-0.2, -0.15) is 0 Å². The highest BCUT2D eigenvalue weighted by atomic mass is 16.5. The number of amidine groups is 2. The third-order valence-corrected chi connectivity index (χ3v) is 12.1. The maximum Gasteiger partial charge on any atom is 0.154 e. The number of aryl methyl sites for hydroxylation is 1. The highest BCUT2D eigenvalue weighted by molar-refractivity contribution is 6.21. The van der Waals surface area contributed by atoms with Crippen molar-refractivity contribution in [2.24, 2.45) is 10.7 Å². The Labute approximate surface area is 364 Å². The first-order valence-electron chi connectivity index (χ1n) is 21.1. The number of hydrogen-bond donors (Lipinski definition) is 2. The Morgan fingerprint density at radius 3 is 2.05 bits per heavy atom. The van der Waals surface area contributed by atoms with Crippen molar-refractivity contribution in [1.29, 1.82) is 5.41 Å². The molecule has 0 fully saturated rings. The lowest BCUT2D eigenvalue weighted by Gasteiger charge is -2.14. The number of benzene rings is 8. The molecule has 0 spiro atoms. The average Bonchev–Trinajstić information content (AvgIpc) is 4.03. The Balaban J connectivity index is 0.000000581. The second kappa shape index (κ2) is 15.7. The molecule has 3 N–H and O–H groups in total. The Bertz CT molecular complexity index is 3470. The molecule has 0 amide bonds. The minimum atomic E-state index is 0.0166. The molecular formula is C57H41N3O3. The SMILES string of the molecule is Cc1ccccc1.N=C(N=C(N)c1cccc2oc3ccc(-c4cc(-c5ccccc5)cc5oc6ccccc6c45)cc3c12)c1ccc(-c2cccc3c2OC2C=CC=CC32)cc1. The Hall–Kier alpha value is -8.22. The highest BCUT2D eigenvalue weighted by Gasteiger charge is 2.33. The number of fused-ring (bicyclic) bond motifs is 9. The lowest BCUT2D eigenvalue weighted by Crippen LogP contribution is -2.16. The number of nitrogens with zero attached hydrogens (tertiary/aromatic N) is 1. The third-order valence-electron chi connectivity index (χ3n) is 12.1. The summed E-state index contributed by atoms with van der Waals surface area (Å²) in [6, 6.07) is 59.4. The summed E-state index contributed by atoms with van der Waals surface area (Å²) in [6.07, 6.45) is 8.44. The fourth-order valence-electron chi connectivity index (χ4n) is 8.97. The zero-order chi connectivity index (χ0) is 42.4. The zero-order valence-corrected chi connectivity index (χ0v) is 34.5. The average molecular weight is 816 g/mol. The highest BCUT2D eigenvalue weighted by Crippen LogP contribution is 2.47. The molecule has 302 valence electrons. The minimum absolute atomic E-state index is 0.0166. The molecule has 0 saturated heterocycles. The van der Waals surface area contributed by atoms with Gasteiger partial charge in [-0.05, 0) is 77.2 Å². The molecule has 2 aromatic heterocycles. The predicted octanol–water partition coefficient (Wildman–Crippen LogP) is 14.2. The summed E-state index contributed by atoms with van der Waals surface area (Å²) in [5, 5.41) is 12.9. The van der Waals surface area contributed by atoms with Gasteiger partial charge < -0.3 is 19.3 Å². The van der Waals surface area contributed by atoms with E-state index in [9.17, 15) is 0 Å². The van der Waals surface area contributed by atoms with Crippen LogP contribution in [-0.2, 0) is 0 Å². The summed E-state index contributed by atoms with van der Waals surface area (Å²) >= 11 is 0. The van der Waals surface area contributed by atoms with Gasteiger partial charge in [0.1, 0.15) is 40.0 Å². The van der Waals surface area contributed by atoms with Crippen molar-refractivity contribution in [2.45, 2.75) is 18.9 Å². The van der Waals surface area contributed by atoms with Crippen molar-refractivity contribution in [1.82, 2.24) is 0 Å². The van der Waals surface area contributed by atoms with Gasteiger partial charge in [0.15, 0.2) is 5.84 Å². The van der Waals surface area contributed by atoms with Gasteiger partial charge in [0.2, 0.25) is 0 Å². The number of hydrogen-bond acceptors (Lipinski definition) is 4. The topological polar surface area (TPSA) is 97.7 Å². The minimum Gasteiger partial charge on any atom is -0.484 e. The molecule has 1 aliphatic carbocycles. The fourth-order valence-corrected chi connectivity index (χ4v) is 8.97. The van der Waals surface area contributed by atoms with Crippen molar-refractivity contribution in [3.05, 3.63) is 222 Å². The van der Waals surface area contributed by atoms with Crippen LogP contribution in [0.3, 0.4) is 0 Å². The number of para-hydroxylation sites is 2. The van der Waals surface area contributed by atoms with E-state index in [-0.39, 0.29) is 23.7 Å². The van der Waals surface area contributed by atoms with Gasteiger partial charge in [0.05, 0.1) is 0 Å². The number of ether oxygens (including phenoxy) is 1. The standard InChI is InChI=1S/C50H33N3O3.C7H8/c51-49(31-22-20-30(21-23-31)34-14-8-15-36-35-12-4-6-17-41(35)56-48(34)36)53-50(52)38-16-9-19-44-47(38)40-26-32(24-25-43(40)54-44)39-27-33(29-10-2-1-3-11-29)28-45-46(39)37-13-5-7-18-42(37)55-45;1-7-5-3-2-4-6-7/h1-28,35,41H,(H3,51,52,53);2-6H,1H3. The van der Waals surface area contributed by atoms with Gasteiger partial charge in [0.25, 0.3) is 0 Å². The van der Waals surface area contributed by atoms with E-state index in [1.807, 2.05) is 97.1 Å². The van der Waals surface area contributed by atoms with Crippen LogP contribution in [0.15, 0.2) is 214 Å². The predicted molar refractivity (Wildman–Crippen MR) is 258 cm³/mol. The molecule has 6 heteroatoms. The molecule has 8 aromatic carbocycles. The van der Waals surface area contributed by atoms with E-state index < -0.39 is 0 Å². The number of aliphatic imine (C=N–C) groups is 1. The van der Waals surface area contributed by atoms with E-state index in [1.54, 1.807) is 0 Å². The zero-order valence-electron chi connectivity index (χ0n) is 34.5. The lowest BCUT2D eigenvalue weighted by atomic mass is 9.90. The van der Waals surface area contributed by atoms with Crippen molar-refractivity contribution in [2.75, 3.05) is 0 Å². The van der Waals surface area contributed by atoms with Crippen molar-refractivity contribution in [3.63, 3.8) is 0 Å². The van der Waals surface area contributed by atoms with Crippen molar-refractivity contribution < 1.29 is 13.6 Å². The van der Waals surface area contributed by atoms with Gasteiger partial charge in [-0.25, -0.2) is 4.99 Å². The Morgan fingerprint density at radius 1 is 0.540 bits per heavy atom. The smallest absolute Gasteiger partial charge is 0.154 e. The molecular weight excluding hydrogens is 775 g/mol. The molecule has 12 rings (SSSR count). The number of nitrogens with one attached hydrogen (secondary N) is 1. The second-order valence-corrected chi connectivity index (χ2v) is 16.0. The quantitative estimate of drug-likeness (QED) is 0.134. The summed E-state index contributed by atoms with van der Waals surface area (Å²) < 4.78 is 19.2. The molecule has 0 radical (unpaired) electrons. The summed E-state index contributed by atoms with van der Waals surface area (Å²) in [5.41, 5.74) is 20.1. The van der Waals surface area contributed by atoms with E-state index in [0.717, 1.165) is 77.4 Å². The monoisotopic (exact) mass is 815 g/mol. The number of nitrogens with two attached hydrogens (primary N) is 1. The van der Waals surface area contributed by atoms with E-state index in [4.69, 9.17) is 24.7 Å². The van der Waals surface area contributed by atoms with Crippen LogP contribution in [0.1, 0.15) is 28.2 Å². The van der Waals surface area contributed by atoms with Crippen LogP contribution in [0.4, 0.5) is 0 Å². The van der Waals surface area contributed by atoms with Crippen LogP contribution in [0.2, 0.25) is 0 Å². The van der Waals surface area contributed by atoms with Gasteiger partial charge in [0, 0.05) is 49.7 Å². The van der Waals surface area contributed by atoms with E-state index in [2.05, 4.69) is 115 Å². The molecule has 63 heavy (non-hydrogen) atoms. The maximum atomic E-state index is 8.98. The number of rotatable bonds is 5.